The fourth-order valence-corrected chi connectivity index (χ4v) is 3.99. The van der Waals surface area contributed by atoms with Gasteiger partial charge in [-0.3, -0.25) is 5.73 Å². The molecule has 2 fully saturated rings. The van der Waals surface area contributed by atoms with Gasteiger partial charge in [-0.25, -0.2) is 0 Å². The molecule has 3 N–H and O–H groups in total. The number of rotatable bonds is 2. The molecule has 0 amide bonds. The van der Waals surface area contributed by atoms with E-state index in [9.17, 15) is 0 Å². The van der Waals surface area contributed by atoms with Gasteiger partial charge in [0.25, 0.3) is 0 Å². The maximum Gasteiger partial charge on any atom is 0.187 e. The minimum absolute atomic E-state index is 0.368. The number of hydrogen-bond donors (Lipinski definition) is 2. The quantitative estimate of drug-likeness (QED) is 0.710. The predicted octanol–water partition coefficient (Wildman–Crippen LogP) is 0.687. The first kappa shape index (κ1) is 10.8. The molecule has 4 unspecified atom stereocenters. The zero-order valence-electron chi connectivity index (χ0n) is 9.17. The van der Waals surface area contributed by atoms with Crippen molar-refractivity contribution >= 4 is 11.8 Å². The second-order valence-electron chi connectivity index (χ2n) is 5.04. The molecule has 0 aromatic rings. The Morgan fingerprint density at radius 2 is 2.29 bits per heavy atom. The highest BCUT2D eigenvalue weighted by Crippen LogP contribution is 2.27. The van der Waals surface area contributed by atoms with Crippen LogP contribution < -0.4 is 10.6 Å². The van der Waals surface area contributed by atoms with E-state index in [1.165, 1.54) is 44.5 Å². The van der Waals surface area contributed by atoms with Crippen molar-refractivity contribution in [3.05, 3.63) is 0 Å². The van der Waals surface area contributed by atoms with Crippen LogP contribution in [-0.4, -0.2) is 24.3 Å². The number of nitrogens with two attached hydrogens (primary N) is 1. The summed E-state index contributed by atoms with van der Waals surface area (Å²) in [5.41, 5.74) is 6.42. The molecule has 1 aliphatic carbocycles. The smallest absolute Gasteiger partial charge is 0.187 e. The molecule has 2 nitrogen and oxygen atoms in total. The monoisotopic (exact) mass is 215 g/mol. The van der Waals surface area contributed by atoms with Crippen LogP contribution in [0.25, 0.3) is 0 Å². The van der Waals surface area contributed by atoms with E-state index in [2.05, 4.69) is 6.92 Å². The van der Waals surface area contributed by atoms with E-state index in [0.717, 1.165) is 11.8 Å². The summed E-state index contributed by atoms with van der Waals surface area (Å²) in [6.07, 6.45) is 5.79. The van der Waals surface area contributed by atoms with Crippen LogP contribution in [0.1, 0.15) is 32.6 Å². The minimum atomic E-state index is 0.368. The van der Waals surface area contributed by atoms with Crippen LogP contribution in [0.3, 0.4) is 0 Å². The second-order valence-corrected chi connectivity index (χ2v) is 6.29. The van der Waals surface area contributed by atoms with E-state index in [0.29, 0.717) is 5.50 Å². The largest absolute Gasteiger partial charge is 0.310 e. The van der Waals surface area contributed by atoms with Gasteiger partial charge < -0.3 is 4.90 Å². The second kappa shape index (κ2) is 4.86. The molecule has 2 aliphatic rings. The Labute approximate surface area is 91.6 Å². The molecule has 1 aliphatic heterocycles. The highest BCUT2D eigenvalue weighted by atomic mass is 32.2. The zero-order chi connectivity index (χ0) is 9.97. The van der Waals surface area contributed by atoms with Gasteiger partial charge >= 0.3 is 0 Å². The number of quaternary nitrogens is 1. The Bertz CT molecular complexity index is 186. The van der Waals surface area contributed by atoms with E-state index in [4.69, 9.17) is 5.73 Å². The average molecular weight is 215 g/mol. The van der Waals surface area contributed by atoms with Gasteiger partial charge in [0.2, 0.25) is 0 Å². The van der Waals surface area contributed by atoms with Gasteiger partial charge in [-0.05, 0) is 18.8 Å². The van der Waals surface area contributed by atoms with E-state index >= 15 is 0 Å². The van der Waals surface area contributed by atoms with Crippen molar-refractivity contribution in [1.29, 1.82) is 0 Å². The number of thioether (sulfide) groups is 1. The Kier molecular flexibility index (Phi) is 3.74. The summed E-state index contributed by atoms with van der Waals surface area (Å²) in [5.74, 6) is 3.18. The zero-order valence-corrected chi connectivity index (χ0v) is 9.98. The van der Waals surface area contributed by atoms with Crippen molar-refractivity contribution in [2.75, 3.05) is 18.8 Å². The molecule has 1 heterocycles. The highest BCUT2D eigenvalue weighted by molar-refractivity contribution is 7.99. The summed E-state index contributed by atoms with van der Waals surface area (Å²) < 4.78 is 0. The molecule has 0 aromatic heterocycles. The van der Waals surface area contributed by atoms with Crippen molar-refractivity contribution in [2.24, 2.45) is 17.6 Å². The molecule has 82 valence electrons. The van der Waals surface area contributed by atoms with E-state index in [1.807, 2.05) is 11.8 Å². The van der Waals surface area contributed by atoms with Crippen LogP contribution in [0.15, 0.2) is 0 Å². The van der Waals surface area contributed by atoms with Gasteiger partial charge in [0.1, 0.15) is 0 Å². The van der Waals surface area contributed by atoms with Gasteiger partial charge in [0.15, 0.2) is 5.50 Å². The fourth-order valence-electron chi connectivity index (χ4n) is 2.91. The fraction of sp³-hybridized carbons (Fsp3) is 1.00. The standard InChI is InChI=1S/C11H22N2S/c1-9-3-2-4-10(7-9)8-13-5-6-14-11(13)12/h9-11H,2-8,12H2,1H3/p+1. The predicted molar refractivity (Wildman–Crippen MR) is 62.3 cm³/mol. The average Bonchev–Trinajstić information content (AvgIpc) is 2.52. The lowest BCUT2D eigenvalue weighted by Gasteiger charge is -2.29. The SMILES string of the molecule is CC1CCCC(C[NH+]2CCSC2N)C1. The summed E-state index contributed by atoms with van der Waals surface area (Å²) in [7, 11) is 0. The molecule has 0 radical (unpaired) electrons. The summed E-state index contributed by atoms with van der Waals surface area (Å²) >= 11 is 1.94. The molecule has 0 spiro atoms. The Hall–Kier alpha value is 0.270. The molecule has 1 saturated heterocycles. The van der Waals surface area contributed by atoms with Gasteiger partial charge in [0.05, 0.1) is 13.1 Å². The van der Waals surface area contributed by atoms with Crippen molar-refractivity contribution in [1.82, 2.24) is 0 Å². The third-order valence-electron chi connectivity index (χ3n) is 3.72. The topological polar surface area (TPSA) is 30.5 Å². The Morgan fingerprint density at radius 1 is 1.43 bits per heavy atom. The minimum Gasteiger partial charge on any atom is -0.310 e. The number of nitrogens with one attached hydrogen (secondary N) is 1. The Morgan fingerprint density at radius 3 is 2.93 bits per heavy atom. The molecule has 3 heteroatoms. The van der Waals surface area contributed by atoms with Crippen molar-refractivity contribution < 1.29 is 4.90 Å². The molecule has 0 aromatic carbocycles. The van der Waals surface area contributed by atoms with Crippen molar-refractivity contribution in [3.8, 4) is 0 Å². The van der Waals surface area contributed by atoms with Gasteiger partial charge in [0, 0.05) is 11.7 Å². The summed E-state index contributed by atoms with van der Waals surface area (Å²) in [4.78, 5) is 1.65. The lowest BCUT2D eigenvalue weighted by atomic mass is 9.82. The summed E-state index contributed by atoms with van der Waals surface area (Å²) in [6.45, 7) is 5.02. The van der Waals surface area contributed by atoms with Gasteiger partial charge in [-0.1, -0.05) is 31.5 Å². The third-order valence-corrected chi connectivity index (χ3v) is 4.85. The maximum absolute atomic E-state index is 6.06. The molecular formula is C11H23N2S+. The van der Waals surface area contributed by atoms with Crippen LogP contribution in [-0.2, 0) is 0 Å². The van der Waals surface area contributed by atoms with Crippen LogP contribution in [0, 0.1) is 11.8 Å². The molecule has 2 rings (SSSR count). The van der Waals surface area contributed by atoms with Crippen LogP contribution in [0.5, 0.6) is 0 Å². The maximum atomic E-state index is 6.06. The molecule has 14 heavy (non-hydrogen) atoms. The van der Waals surface area contributed by atoms with Gasteiger partial charge in [-0.2, -0.15) is 0 Å². The molecule has 1 saturated carbocycles. The van der Waals surface area contributed by atoms with E-state index in [-0.39, 0.29) is 0 Å². The lowest BCUT2D eigenvalue weighted by molar-refractivity contribution is -0.906. The lowest BCUT2D eigenvalue weighted by Crippen LogP contribution is -3.15. The normalized spacial score (nSPS) is 44.1. The molecule has 0 bridgehead atoms. The number of hydrogen-bond acceptors (Lipinski definition) is 2. The first-order valence-corrected chi connectivity index (χ1v) is 7.02. The van der Waals surface area contributed by atoms with Crippen LogP contribution in [0.4, 0.5) is 0 Å². The van der Waals surface area contributed by atoms with Crippen LogP contribution >= 0.6 is 11.8 Å². The highest BCUT2D eigenvalue weighted by Gasteiger charge is 2.30. The summed E-state index contributed by atoms with van der Waals surface area (Å²) in [5, 5.41) is 0. The first-order chi connectivity index (χ1) is 6.75. The first-order valence-electron chi connectivity index (χ1n) is 5.97. The Balaban J connectivity index is 1.78. The van der Waals surface area contributed by atoms with Crippen molar-refractivity contribution in [3.63, 3.8) is 0 Å². The molecular weight excluding hydrogens is 192 g/mol. The summed E-state index contributed by atoms with van der Waals surface area (Å²) in [6, 6.07) is 0. The van der Waals surface area contributed by atoms with E-state index < -0.39 is 0 Å². The van der Waals surface area contributed by atoms with Crippen molar-refractivity contribution in [2.45, 2.75) is 38.1 Å². The van der Waals surface area contributed by atoms with Crippen LogP contribution in [0.2, 0.25) is 0 Å². The van der Waals surface area contributed by atoms with E-state index in [1.54, 1.807) is 4.90 Å². The van der Waals surface area contributed by atoms with Gasteiger partial charge in [-0.15, -0.1) is 0 Å². The molecule has 4 atom stereocenters. The third kappa shape index (κ3) is 2.65.